The second-order valence-electron chi connectivity index (χ2n) is 6.29. The van der Waals surface area contributed by atoms with Gasteiger partial charge in [-0.25, -0.2) is 0 Å². The fourth-order valence-corrected chi connectivity index (χ4v) is 2.79. The van der Waals surface area contributed by atoms with Crippen molar-refractivity contribution >= 4 is 5.91 Å². The van der Waals surface area contributed by atoms with Crippen molar-refractivity contribution in [1.82, 2.24) is 10.2 Å². The van der Waals surface area contributed by atoms with E-state index in [4.69, 9.17) is 4.74 Å². The molecule has 0 spiro atoms. The number of nitrogens with one attached hydrogen (secondary N) is 1. The Kier molecular flexibility index (Phi) is 5.08. The molecule has 2 aliphatic rings. The Balaban J connectivity index is 1.38. The van der Waals surface area contributed by atoms with Gasteiger partial charge in [-0.2, -0.15) is 0 Å². The lowest BCUT2D eigenvalue weighted by atomic mass is 10.1. The summed E-state index contributed by atoms with van der Waals surface area (Å²) >= 11 is 0. The highest BCUT2D eigenvalue weighted by atomic mass is 16.5. The number of carbonyl (C=O) groups excluding carboxylic acids is 1. The number of carbonyl (C=O) groups is 1. The monoisotopic (exact) mass is 304 g/mol. The van der Waals surface area contributed by atoms with Gasteiger partial charge in [-0.1, -0.05) is 30.3 Å². The summed E-state index contributed by atoms with van der Waals surface area (Å²) in [4.78, 5) is 13.9. The number of rotatable bonds is 7. The van der Waals surface area contributed by atoms with Crippen LogP contribution in [-0.2, 0) is 16.1 Å². The number of hydrogen-bond donors (Lipinski definition) is 2. The fraction of sp³-hybridized carbons (Fsp3) is 0.588. The summed E-state index contributed by atoms with van der Waals surface area (Å²) in [6.07, 6.45) is 2.04. The van der Waals surface area contributed by atoms with Gasteiger partial charge >= 0.3 is 0 Å². The van der Waals surface area contributed by atoms with Gasteiger partial charge < -0.3 is 20.1 Å². The van der Waals surface area contributed by atoms with E-state index in [2.05, 4.69) is 5.32 Å². The molecule has 3 rings (SSSR count). The second-order valence-corrected chi connectivity index (χ2v) is 6.29. The number of hydrogen-bond acceptors (Lipinski definition) is 4. The highest BCUT2D eigenvalue weighted by Gasteiger charge is 2.34. The number of likely N-dealkylation sites (tertiary alicyclic amines) is 1. The minimum Gasteiger partial charge on any atom is -0.391 e. The normalized spacial score (nSPS) is 24.7. The molecular weight excluding hydrogens is 280 g/mol. The predicted molar refractivity (Wildman–Crippen MR) is 83.2 cm³/mol. The zero-order chi connectivity index (χ0) is 15.4. The summed E-state index contributed by atoms with van der Waals surface area (Å²) in [5, 5.41) is 13.5. The first-order valence-electron chi connectivity index (χ1n) is 8.03. The molecule has 1 amide bonds. The number of ether oxygens (including phenoxy) is 1. The van der Waals surface area contributed by atoms with E-state index < -0.39 is 6.10 Å². The molecule has 0 bridgehead atoms. The molecule has 1 unspecified atom stereocenters. The molecule has 22 heavy (non-hydrogen) atoms. The van der Waals surface area contributed by atoms with Crippen molar-refractivity contribution in [3.8, 4) is 0 Å². The molecule has 2 fully saturated rings. The molecule has 1 heterocycles. The summed E-state index contributed by atoms with van der Waals surface area (Å²) in [6, 6.07) is 10.4. The first kappa shape index (κ1) is 15.5. The van der Waals surface area contributed by atoms with Crippen molar-refractivity contribution in [2.45, 2.75) is 31.6 Å². The van der Waals surface area contributed by atoms with Crippen LogP contribution in [-0.4, -0.2) is 54.3 Å². The molecule has 1 saturated carbocycles. The van der Waals surface area contributed by atoms with Crippen LogP contribution in [0.1, 0.15) is 18.4 Å². The maximum atomic E-state index is 12.1. The number of aliphatic hydroxyl groups excluding tert-OH is 1. The van der Waals surface area contributed by atoms with Gasteiger partial charge in [0.1, 0.15) is 6.61 Å². The average molecular weight is 304 g/mol. The zero-order valence-corrected chi connectivity index (χ0v) is 12.8. The van der Waals surface area contributed by atoms with E-state index in [-0.39, 0.29) is 18.4 Å². The molecule has 5 heteroatoms. The molecule has 1 aliphatic carbocycles. The summed E-state index contributed by atoms with van der Waals surface area (Å²) in [5.41, 5.74) is 1.06. The van der Waals surface area contributed by atoms with Crippen molar-refractivity contribution in [3.63, 3.8) is 0 Å². The Morgan fingerprint density at radius 1 is 1.27 bits per heavy atom. The van der Waals surface area contributed by atoms with Gasteiger partial charge in [0, 0.05) is 31.6 Å². The third kappa shape index (κ3) is 4.29. The van der Waals surface area contributed by atoms with Gasteiger partial charge in [0.25, 0.3) is 0 Å². The van der Waals surface area contributed by atoms with Gasteiger partial charge in [-0.05, 0) is 18.4 Å². The molecule has 120 valence electrons. The Morgan fingerprint density at radius 3 is 2.77 bits per heavy atom. The molecule has 0 aromatic heterocycles. The molecule has 1 aliphatic heterocycles. The Bertz CT molecular complexity index is 490. The number of amides is 1. The molecular formula is C17H24N2O3. The lowest BCUT2D eigenvalue weighted by molar-refractivity contribution is -0.135. The third-order valence-electron chi connectivity index (χ3n) is 4.34. The standard InChI is InChI=1S/C17H24N2O3/c20-16-10-19(9-14(16)8-18-15-6-7-15)17(21)12-22-11-13-4-2-1-3-5-13/h1-5,14-16,18,20H,6-12H2/t14-,16?/m1/s1. The Labute approximate surface area is 131 Å². The smallest absolute Gasteiger partial charge is 0.248 e. The molecule has 5 nitrogen and oxygen atoms in total. The number of nitrogens with zero attached hydrogens (tertiary/aromatic N) is 1. The minimum atomic E-state index is -0.427. The van der Waals surface area contributed by atoms with Crippen LogP contribution in [0.4, 0.5) is 0 Å². The lowest BCUT2D eigenvalue weighted by Crippen LogP contribution is -2.33. The predicted octanol–water partition coefficient (Wildman–Crippen LogP) is 0.774. The molecule has 2 N–H and O–H groups in total. The van der Waals surface area contributed by atoms with Crippen LogP contribution in [0.2, 0.25) is 0 Å². The number of benzene rings is 1. The largest absolute Gasteiger partial charge is 0.391 e. The van der Waals surface area contributed by atoms with Gasteiger partial charge in [0.15, 0.2) is 0 Å². The topological polar surface area (TPSA) is 61.8 Å². The summed E-state index contributed by atoms with van der Waals surface area (Å²) < 4.78 is 5.48. The van der Waals surface area contributed by atoms with Gasteiger partial charge in [-0.3, -0.25) is 4.79 Å². The first-order valence-corrected chi connectivity index (χ1v) is 8.03. The molecule has 1 saturated heterocycles. The van der Waals surface area contributed by atoms with Gasteiger partial charge in [0.2, 0.25) is 5.91 Å². The molecule has 1 aromatic carbocycles. The van der Waals surface area contributed by atoms with Gasteiger partial charge in [0.05, 0.1) is 12.7 Å². The summed E-state index contributed by atoms with van der Waals surface area (Å²) in [7, 11) is 0. The first-order chi connectivity index (χ1) is 10.7. The Hall–Kier alpha value is -1.43. The highest BCUT2D eigenvalue weighted by molar-refractivity contribution is 5.77. The van der Waals surface area contributed by atoms with E-state index in [1.807, 2.05) is 30.3 Å². The van der Waals surface area contributed by atoms with E-state index >= 15 is 0 Å². The van der Waals surface area contributed by atoms with Crippen LogP contribution in [0, 0.1) is 5.92 Å². The van der Waals surface area contributed by atoms with Crippen LogP contribution < -0.4 is 5.32 Å². The average Bonchev–Trinajstić information content (AvgIpc) is 3.28. The van der Waals surface area contributed by atoms with Crippen molar-refractivity contribution in [1.29, 1.82) is 0 Å². The minimum absolute atomic E-state index is 0.0381. The number of β-amino-alcohol motifs (C(OH)–C–C–N with tert-alkyl or cyclic N) is 1. The molecule has 1 aromatic rings. The molecule has 2 atom stereocenters. The van der Waals surface area contributed by atoms with Crippen molar-refractivity contribution < 1.29 is 14.6 Å². The van der Waals surface area contributed by atoms with E-state index in [0.717, 1.165) is 12.1 Å². The molecule has 0 radical (unpaired) electrons. The van der Waals surface area contributed by atoms with Crippen LogP contribution >= 0.6 is 0 Å². The van der Waals surface area contributed by atoms with Crippen LogP contribution in [0.15, 0.2) is 30.3 Å². The summed E-state index contributed by atoms with van der Waals surface area (Å²) in [6.45, 7) is 2.35. The fourth-order valence-electron chi connectivity index (χ4n) is 2.79. The second kappa shape index (κ2) is 7.22. The summed E-state index contributed by atoms with van der Waals surface area (Å²) in [5.74, 6) is 0.0996. The van der Waals surface area contributed by atoms with E-state index in [1.54, 1.807) is 4.90 Å². The van der Waals surface area contributed by atoms with Crippen molar-refractivity contribution in [2.75, 3.05) is 26.2 Å². The maximum absolute atomic E-state index is 12.1. The Morgan fingerprint density at radius 2 is 2.05 bits per heavy atom. The SMILES string of the molecule is O=C(COCc1ccccc1)N1CC(O)[C@H](CNC2CC2)C1. The van der Waals surface area contributed by atoms with E-state index in [9.17, 15) is 9.90 Å². The van der Waals surface area contributed by atoms with Crippen LogP contribution in [0.5, 0.6) is 0 Å². The van der Waals surface area contributed by atoms with E-state index in [0.29, 0.717) is 25.7 Å². The highest BCUT2D eigenvalue weighted by Crippen LogP contribution is 2.21. The van der Waals surface area contributed by atoms with Crippen LogP contribution in [0.25, 0.3) is 0 Å². The maximum Gasteiger partial charge on any atom is 0.248 e. The van der Waals surface area contributed by atoms with Gasteiger partial charge in [-0.15, -0.1) is 0 Å². The van der Waals surface area contributed by atoms with Crippen molar-refractivity contribution in [3.05, 3.63) is 35.9 Å². The quantitative estimate of drug-likeness (QED) is 0.781. The van der Waals surface area contributed by atoms with Crippen molar-refractivity contribution in [2.24, 2.45) is 5.92 Å². The number of aliphatic hydroxyl groups is 1. The third-order valence-corrected chi connectivity index (χ3v) is 4.34. The van der Waals surface area contributed by atoms with E-state index in [1.165, 1.54) is 12.8 Å². The van der Waals surface area contributed by atoms with Crippen LogP contribution in [0.3, 0.4) is 0 Å². The lowest BCUT2D eigenvalue weighted by Gasteiger charge is -2.16. The zero-order valence-electron chi connectivity index (χ0n) is 12.8.